The Kier molecular flexibility index (Phi) is 6.84. The molecule has 2 N–H and O–H groups in total. The number of carbonyl (C=O) groups is 3. The number of Topliss-reactive ketones (excluding diaryl/α,β-unsaturated/α-hetero) is 1. The van der Waals surface area contributed by atoms with Gasteiger partial charge in [-0.1, -0.05) is 24.3 Å². The molecule has 0 atom stereocenters. The van der Waals surface area contributed by atoms with Crippen molar-refractivity contribution >= 4 is 41.1 Å². The molecule has 1 saturated heterocycles. The Morgan fingerprint density at radius 1 is 0.818 bits per heavy atom. The predicted molar refractivity (Wildman–Crippen MR) is 132 cm³/mol. The van der Waals surface area contributed by atoms with Crippen LogP contribution in [0, 0.1) is 5.92 Å². The first-order chi connectivity index (χ1) is 15.9. The molecule has 4 rings (SSSR count). The van der Waals surface area contributed by atoms with Crippen molar-refractivity contribution in [3.8, 4) is 0 Å². The van der Waals surface area contributed by atoms with Gasteiger partial charge in [-0.3, -0.25) is 19.3 Å². The van der Waals surface area contributed by atoms with Gasteiger partial charge in [0.1, 0.15) is 0 Å². The SMILES string of the molecule is CC(=O)Nc1ccc(C=C2CN(CC3CC3)CC(=Cc3ccc(NC(C)=O)cc3)C2=O)cc1. The van der Waals surface area contributed by atoms with E-state index in [9.17, 15) is 14.4 Å². The highest BCUT2D eigenvalue weighted by atomic mass is 16.2. The van der Waals surface area contributed by atoms with Crippen LogP contribution in [-0.2, 0) is 14.4 Å². The van der Waals surface area contributed by atoms with Crippen LogP contribution in [0.4, 0.5) is 11.4 Å². The minimum absolute atomic E-state index is 0.0684. The normalized spacial score (nSPS) is 19.0. The van der Waals surface area contributed by atoms with Crippen LogP contribution in [0.1, 0.15) is 37.8 Å². The number of hydrogen-bond acceptors (Lipinski definition) is 4. The van der Waals surface area contributed by atoms with Gasteiger partial charge in [0.05, 0.1) is 0 Å². The van der Waals surface area contributed by atoms with Crippen molar-refractivity contribution in [2.24, 2.45) is 5.92 Å². The molecular weight excluding hydrogens is 414 g/mol. The number of nitrogens with zero attached hydrogens (tertiary/aromatic N) is 1. The molecule has 170 valence electrons. The zero-order valence-electron chi connectivity index (χ0n) is 19.1. The Hall–Kier alpha value is -3.51. The minimum atomic E-state index is -0.112. The third kappa shape index (κ3) is 6.49. The maximum Gasteiger partial charge on any atom is 0.221 e. The van der Waals surface area contributed by atoms with Crippen LogP contribution < -0.4 is 10.6 Å². The fourth-order valence-corrected chi connectivity index (χ4v) is 4.04. The fourth-order valence-electron chi connectivity index (χ4n) is 4.04. The third-order valence-corrected chi connectivity index (χ3v) is 5.73. The van der Waals surface area contributed by atoms with Gasteiger partial charge < -0.3 is 10.6 Å². The second kappa shape index (κ2) is 9.96. The molecule has 0 spiro atoms. The van der Waals surface area contributed by atoms with Gasteiger partial charge >= 0.3 is 0 Å². The van der Waals surface area contributed by atoms with E-state index in [4.69, 9.17) is 0 Å². The Balaban J connectivity index is 1.57. The van der Waals surface area contributed by atoms with Crippen molar-refractivity contribution in [1.82, 2.24) is 4.90 Å². The van der Waals surface area contributed by atoms with E-state index in [-0.39, 0.29) is 17.6 Å². The van der Waals surface area contributed by atoms with E-state index < -0.39 is 0 Å². The average Bonchev–Trinajstić information content (AvgIpc) is 3.57. The van der Waals surface area contributed by atoms with Crippen molar-refractivity contribution in [2.75, 3.05) is 30.3 Å². The van der Waals surface area contributed by atoms with Gasteiger partial charge in [0.15, 0.2) is 5.78 Å². The lowest BCUT2D eigenvalue weighted by atomic mass is 9.94. The number of benzene rings is 2. The van der Waals surface area contributed by atoms with Gasteiger partial charge in [-0.05, 0) is 66.3 Å². The second-order valence-corrected chi connectivity index (χ2v) is 8.89. The van der Waals surface area contributed by atoms with Crippen molar-refractivity contribution < 1.29 is 14.4 Å². The van der Waals surface area contributed by atoms with Gasteiger partial charge in [0.2, 0.25) is 11.8 Å². The molecule has 2 aromatic rings. The molecular formula is C27H29N3O3. The molecule has 2 fully saturated rings. The maximum absolute atomic E-state index is 13.3. The van der Waals surface area contributed by atoms with E-state index in [1.807, 2.05) is 60.7 Å². The first kappa shape index (κ1) is 22.7. The zero-order chi connectivity index (χ0) is 23.4. The maximum atomic E-state index is 13.3. The standard InChI is InChI=1S/C27H29N3O3/c1-18(31)28-25-9-5-20(6-10-25)13-23-16-30(15-22-3-4-22)17-24(27(23)33)14-21-7-11-26(12-8-21)29-19(2)32/h5-14,22H,3-4,15-17H2,1-2H3,(H,28,31)(H,29,32). The summed E-state index contributed by atoms with van der Waals surface area (Å²) in [6.07, 6.45) is 6.43. The molecule has 1 aliphatic heterocycles. The van der Waals surface area contributed by atoms with E-state index in [1.54, 1.807) is 0 Å². The molecule has 2 aliphatic rings. The lowest BCUT2D eigenvalue weighted by molar-refractivity contribution is -0.115. The zero-order valence-corrected chi connectivity index (χ0v) is 19.1. The van der Waals surface area contributed by atoms with Gasteiger partial charge in [-0.15, -0.1) is 0 Å². The molecule has 33 heavy (non-hydrogen) atoms. The highest BCUT2D eigenvalue weighted by Crippen LogP contribution is 2.32. The van der Waals surface area contributed by atoms with E-state index >= 15 is 0 Å². The molecule has 0 unspecified atom stereocenters. The van der Waals surface area contributed by atoms with Gasteiger partial charge in [0.25, 0.3) is 0 Å². The monoisotopic (exact) mass is 443 g/mol. The topological polar surface area (TPSA) is 78.5 Å². The van der Waals surface area contributed by atoms with E-state index in [2.05, 4.69) is 15.5 Å². The van der Waals surface area contributed by atoms with Crippen LogP contribution >= 0.6 is 0 Å². The largest absolute Gasteiger partial charge is 0.326 e. The molecule has 6 heteroatoms. The quantitative estimate of drug-likeness (QED) is 0.650. The van der Waals surface area contributed by atoms with Crippen LogP contribution in [0.15, 0.2) is 59.7 Å². The summed E-state index contributed by atoms with van der Waals surface area (Å²) < 4.78 is 0. The third-order valence-electron chi connectivity index (χ3n) is 5.73. The molecule has 6 nitrogen and oxygen atoms in total. The molecule has 1 aliphatic carbocycles. The number of likely N-dealkylation sites (tertiary alicyclic amines) is 1. The van der Waals surface area contributed by atoms with Gasteiger partial charge in [0, 0.05) is 56.0 Å². The second-order valence-electron chi connectivity index (χ2n) is 8.89. The number of piperidine rings is 1. The Labute approximate surface area is 194 Å². The first-order valence-electron chi connectivity index (χ1n) is 11.3. The summed E-state index contributed by atoms with van der Waals surface area (Å²) in [5.74, 6) is 0.576. The van der Waals surface area contributed by atoms with Gasteiger partial charge in [-0.25, -0.2) is 0 Å². The summed E-state index contributed by atoms with van der Waals surface area (Å²) >= 11 is 0. The van der Waals surface area contributed by atoms with Crippen molar-refractivity contribution in [3.05, 3.63) is 70.8 Å². The summed E-state index contributed by atoms with van der Waals surface area (Å²) in [5.41, 5.74) is 4.88. The van der Waals surface area contributed by atoms with Crippen molar-refractivity contribution in [3.63, 3.8) is 0 Å². The average molecular weight is 444 g/mol. The minimum Gasteiger partial charge on any atom is -0.326 e. The summed E-state index contributed by atoms with van der Waals surface area (Å²) in [4.78, 5) is 38.2. The first-order valence-corrected chi connectivity index (χ1v) is 11.3. The predicted octanol–water partition coefficient (Wildman–Crippen LogP) is 4.37. The van der Waals surface area contributed by atoms with Crippen LogP contribution in [0.3, 0.4) is 0 Å². The molecule has 0 bridgehead atoms. The Morgan fingerprint density at radius 3 is 1.61 bits per heavy atom. The van der Waals surface area contributed by atoms with Crippen molar-refractivity contribution in [2.45, 2.75) is 26.7 Å². The lowest BCUT2D eigenvalue weighted by Crippen LogP contribution is -2.38. The van der Waals surface area contributed by atoms with E-state index in [0.717, 1.165) is 46.1 Å². The Bertz CT molecular complexity index is 1030. The highest BCUT2D eigenvalue weighted by molar-refractivity contribution is 6.14. The van der Waals surface area contributed by atoms with Crippen LogP contribution in [0.5, 0.6) is 0 Å². The smallest absolute Gasteiger partial charge is 0.221 e. The summed E-state index contributed by atoms with van der Waals surface area (Å²) in [6.45, 7) is 5.24. The fraction of sp³-hybridized carbons (Fsp3) is 0.296. The number of nitrogens with one attached hydrogen (secondary N) is 2. The number of rotatable bonds is 6. The summed E-state index contributed by atoms with van der Waals surface area (Å²) in [5, 5.41) is 5.52. The number of hydrogen-bond donors (Lipinski definition) is 2. The van der Waals surface area contributed by atoms with Crippen LogP contribution in [-0.4, -0.2) is 42.1 Å². The number of carbonyl (C=O) groups excluding carboxylic acids is 3. The molecule has 0 radical (unpaired) electrons. The summed E-state index contributed by atoms with van der Waals surface area (Å²) in [6, 6.07) is 15.0. The number of ketones is 1. The van der Waals surface area contributed by atoms with Crippen LogP contribution in [0.25, 0.3) is 12.2 Å². The Morgan fingerprint density at radius 2 is 1.24 bits per heavy atom. The van der Waals surface area contributed by atoms with E-state index in [0.29, 0.717) is 13.1 Å². The van der Waals surface area contributed by atoms with E-state index in [1.165, 1.54) is 26.7 Å². The molecule has 2 amide bonds. The molecule has 2 aromatic carbocycles. The van der Waals surface area contributed by atoms with Crippen LogP contribution in [0.2, 0.25) is 0 Å². The van der Waals surface area contributed by atoms with Gasteiger partial charge in [-0.2, -0.15) is 0 Å². The summed E-state index contributed by atoms with van der Waals surface area (Å²) in [7, 11) is 0. The molecule has 1 heterocycles. The number of amides is 2. The molecule has 1 saturated carbocycles. The molecule has 0 aromatic heterocycles. The lowest BCUT2D eigenvalue weighted by Gasteiger charge is -2.30. The highest BCUT2D eigenvalue weighted by Gasteiger charge is 2.30. The number of anilines is 2. The van der Waals surface area contributed by atoms with Crippen molar-refractivity contribution in [1.29, 1.82) is 0 Å².